The zero-order valence-corrected chi connectivity index (χ0v) is 10.1. The maximum atomic E-state index is 12.0. The van der Waals surface area contributed by atoms with Gasteiger partial charge in [0.15, 0.2) is 0 Å². The van der Waals surface area contributed by atoms with E-state index in [0.29, 0.717) is 30.2 Å². The maximum absolute atomic E-state index is 12.0. The molecule has 0 bridgehead atoms. The summed E-state index contributed by atoms with van der Waals surface area (Å²) in [7, 11) is -0.782. The van der Waals surface area contributed by atoms with E-state index in [1.165, 1.54) is 0 Å². The van der Waals surface area contributed by atoms with Crippen molar-refractivity contribution in [2.24, 2.45) is 0 Å². The van der Waals surface area contributed by atoms with Gasteiger partial charge in [-0.2, -0.15) is 0 Å². The Labute approximate surface area is 101 Å². The zero-order chi connectivity index (χ0) is 11.5. The highest BCUT2D eigenvalue weighted by Gasteiger charge is 2.22. The standard InChI is InChI=1S/C10H11ClN2O2S/c11-9-8(2-1-3-12-9)10(14)13-4-6-16(15)7-5-13/h1-3H,4-7H2. The number of hydrogen-bond donors (Lipinski definition) is 0. The SMILES string of the molecule is O=C(c1cccnc1Cl)N1CCS(=O)CC1. The van der Waals surface area contributed by atoms with Gasteiger partial charge in [-0.05, 0) is 12.1 Å². The van der Waals surface area contributed by atoms with Crippen LogP contribution in [0.2, 0.25) is 5.15 Å². The van der Waals surface area contributed by atoms with Crippen molar-refractivity contribution in [2.75, 3.05) is 24.6 Å². The van der Waals surface area contributed by atoms with Crippen molar-refractivity contribution < 1.29 is 9.00 Å². The Hall–Kier alpha value is -0.940. The molecule has 86 valence electrons. The molecule has 16 heavy (non-hydrogen) atoms. The molecular formula is C10H11ClN2O2S. The average molecular weight is 259 g/mol. The molecule has 1 fully saturated rings. The normalized spacial score (nSPS) is 17.4. The van der Waals surface area contributed by atoms with Crippen LogP contribution in [-0.4, -0.2) is 44.6 Å². The molecule has 6 heteroatoms. The largest absolute Gasteiger partial charge is 0.337 e. The Morgan fingerprint density at radius 3 is 2.75 bits per heavy atom. The molecule has 2 heterocycles. The number of hydrogen-bond acceptors (Lipinski definition) is 3. The Morgan fingerprint density at radius 2 is 2.12 bits per heavy atom. The van der Waals surface area contributed by atoms with Gasteiger partial charge < -0.3 is 4.90 Å². The molecule has 0 radical (unpaired) electrons. The fourth-order valence-corrected chi connectivity index (χ4v) is 2.81. The molecule has 1 aromatic rings. The zero-order valence-electron chi connectivity index (χ0n) is 8.56. The maximum Gasteiger partial charge on any atom is 0.257 e. The lowest BCUT2D eigenvalue weighted by Gasteiger charge is -2.26. The van der Waals surface area contributed by atoms with E-state index in [4.69, 9.17) is 11.6 Å². The molecule has 1 amide bonds. The second-order valence-electron chi connectivity index (χ2n) is 3.48. The second-order valence-corrected chi connectivity index (χ2v) is 5.54. The Kier molecular flexibility index (Phi) is 3.56. The first-order chi connectivity index (χ1) is 7.68. The molecular weight excluding hydrogens is 248 g/mol. The number of amides is 1. The van der Waals surface area contributed by atoms with Crippen molar-refractivity contribution in [1.29, 1.82) is 0 Å². The van der Waals surface area contributed by atoms with Gasteiger partial charge in [-0.25, -0.2) is 4.98 Å². The van der Waals surface area contributed by atoms with Crippen LogP contribution in [0.3, 0.4) is 0 Å². The lowest BCUT2D eigenvalue weighted by Crippen LogP contribution is -2.41. The summed E-state index contributed by atoms with van der Waals surface area (Å²) in [6, 6.07) is 3.34. The van der Waals surface area contributed by atoms with Crippen LogP contribution in [0, 0.1) is 0 Å². The topological polar surface area (TPSA) is 50.3 Å². The first-order valence-corrected chi connectivity index (χ1v) is 6.80. The van der Waals surface area contributed by atoms with Crippen LogP contribution in [0.5, 0.6) is 0 Å². The summed E-state index contributed by atoms with van der Waals surface area (Å²) in [5, 5.41) is 0.221. The summed E-state index contributed by atoms with van der Waals surface area (Å²) in [5.41, 5.74) is 0.414. The van der Waals surface area contributed by atoms with Crippen molar-refractivity contribution >= 4 is 28.3 Å². The van der Waals surface area contributed by atoms with Crippen molar-refractivity contribution in [3.63, 3.8) is 0 Å². The molecule has 0 unspecified atom stereocenters. The molecule has 0 saturated carbocycles. The smallest absolute Gasteiger partial charge is 0.257 e. The summed E-state index contributed by atoms with van der Waals surface area (Å²) >= 11 is 5.85. The third kappa shape index (κ3) is 2.41. The number of aromatic nitrogens is 1. The first kappa shape index (κ1) is 11.5. The third-order valence-corrected chi connectivity index (χ3v) is 4.03. The summed E-state index contributed by atoms with van der Waals surface area (Å²) in [4.78, 5) is 17.6. The average Bonchev–Trinajstić information content (AvgIpc) is 2.30. The van der Waals surface area contributed by atoms with E-state index in [1.807, 2.05) is 0 Å². The van der Waals surface area contributed by atoms with Crippen molar-refractivity contribution in [3.8, 4) is 0 Å². The van der Waals surface area contributed by atoms with Gasteiger partial charge in [0.25, 0.3) is 5.91 Å². The van der Waals surface area contributed by atoms with E-state index in [2.05, 4.69) is 4.98 Å². The third-order valence-electron chi connectivity index (χ3n) is 2.45. The molecule has 4 nitrogen and oxygen atoms in total. The van der Waals surface area contributed by atoms with Crippen LogP contribution in [-0.2, 0) is 10.8 Å². The van der Waals surface area contributed by atoms with E-state index >= 15 is 0 Å². The van der Waals surface area contributed by atoms with E-state index in [1.54, 1.807) is 23.2 Å². The van der Waals surface area contributed by atoms with Crippen LogP contribution in [0.25, 0.3) is 0 Å². The van der Waals surface area contributed by atoms with Crippen molar-refractivity contribution in [1.82, 2.24) is 9.88 Å². The van der Waals surface area contributed by atoms with Gasteiger partial charge in [-0.1, -0.05) is 11.6 Å². The second kappa shape index (κ2) is 4.93. The number of carbonyl (C=O) groups excluding carboxylic acids is 1. The van der Waals surface area contributed by atoms with Gasteiger partial charge in [-0.3, -0.25) is 9.00 Å². The molecule has 1 aromatic heterocycles. The molecule has 2 rings (SSSR count). The molecule has 1 aliphatic rings. The summed E-state index contributed by atoms with van der Waals surface area (Å²) in [5.74, 6) is 0.961. The summed E-state index contributed by atoms with van der Waals surface area (Å²) in [6.07, 6.45) is 1.55. The predicted molar refractivity (Wildman–Crippen MR) is 63.0 cm³/mol. The quantitative estimate of drug-likeness (QED) is 0.705. The van der Waals surface area contributed by atoms with E-state index in [9.17, 15) is 9.00 Å². The highest BCUT2D eigenvalue weighted by Crippen LogP contribution is 2.15. The van der Waals surface area contributed by atoms with Crippen LogP contribution in [0.15, 0.2) is 18.3 Å². The van der Waals surface area contributed by atoms with Gasteiger partial charge in [0.2, 0.25) is 0 Å². The van der Waals surface area contributed by atoms with Gasteiger partial charge in [0.1, 0.15) is 5.15 Å². The Bertz CT molecular complexity index is 429. The van der Waals surface area contributed by atoms with Crippen LogP contribution in [0.4, 0.5) is 0 Å². The van der Waals surface area contributed by atoms with E-state index < -0.39 is 10.8 Å². The number of pyridine rings is 1. The number of rotatable bonds is 1. The van der Waals surface area contributed by atoms with Crippen LogP contribution in [0.1, 0.15) is 10.4 Å². The Morgan fingerprint density at radius 1 is 1.44 bits per heavy atom. The monoisotopic (exact) mass is 258 g/mol. The highest BCUT2D eigenvalue weighted by atomic mass is 35.5. The molecule has 0 N–H and O–H groups in total. The van der Waals surface area contributed by atoms with Gasteiger partial charge in [0, 0.05) is 41.6 Å². The fourth-order valence-electron chi connectivity index (χ4n) is 1.56. The van der Waals surface area contributed by atoms with Gasteiger partial charge in [-0.15, -0.1) is 0 Å². The first-order valence-electron chi connectivity index (χ1n) is 4.93. The molecule has 1 aliphatic heterocycles. The summed E-state index contributed by atoms with van der Waals surface area (Å²) in [6.45, 7) is 1.05. The van der Waals surface area contributed by atoms with Gasteiger partial charge in [0.05, 0.1) is 5.56 Å². The predicted octanol–water partition coefficient (Wildman–Crippen LogP) is 0.939. The van der Waals surface area contributed by atoms with Crippen molar-refractivity contribution in [2.45, 2.75) is 0 Å². The number of nitrogens with zero attached hydrogens (tertiary/aromatic N) is 2. The number of halogens is 1. The summed E-state index contributed by atoms with van der Waals surface area (Å²) < 4.78 is 11.2. The van der Waals surface area contributed by atoms with E-state index in [0.717, 1.165) is 0 Å². The molecule has 0 aromatic carbocycles. The molecule has 0 spiro atoms. The molecule has 1 saturated heterocycles. The minimum Gasteiger partial charge on any atom is -0.337 e. The molecule has 0 atom stereocenters. The fraction of sp³-hybridized carbons (Fsp3) is 0.400. The van der Waals surface area contributed by atoms with Crippen molar-refractivity contribution in [3.05, 3.63) is 29.0 Å². The lowest BCUT2D eigenvalue weighted by atomic mass is 10.2. The minimum absolute atomic E-state index is 0.130. The van der Waals surface area contributed by atoms with E-state index in [-0.39, 0.29) is 11.1 Å². The molecule has 0 aliphatic carbocycles. The highest BCUT2D eigenvalue weighted by molar-refractivity contribution is 7.85. The number of carbonyl (C=O) groups is 1. The Balaban J connectivity index is 2.14. The van der Waals surface area contributed by atoms with Gasteiger partial charge >= 0.3 is 0 Å². The van der Waals surface area contributed by atoms with Crippen LogP contribution >= 0.6 is 11.6 Å². The lowest BCUT2D eigenvalue weighted by molar-refractivity contribution is 0.0771. The van der Waals surface area contributed by atoms with Crippen LogP contribution < -0.4 is 0 Å². The minimum atomic E-state index is -0.782.